The third-order valence-electron chi connectivity index (χ3n) is 0.632. The standard InChI is InChI=1S/C4H6O4/c1-2-3(5)4(6)8-7/h7H,2H2,1H3. The second kappa shape index (κ2) is 3.15. The molecule has 0 aromatic carbocycles. The molecule has 0 heterocycles. The summed E-state index contributed by atoms with van der Waals surface area (Å²) in [6, 6.07) is 0. The maximum atomic E-state index is 10.1. The molecular formula is C4H6O4. The Morgan fingerprint density at radius 3 is 2.25 bits per heavy atom. The van der Waals surface area contributed by atoms with Crippen LogP contribution in [-0.2, 0) is 14.5 Å². The zero-order valence-electron chi connectivity index (χ0n) is 4.38. The van der Waals surface area contributed by atoms with Gasteiger partial charge in [0.05, 0.1) is 0 Å². The molecule has 1 N–H and O–H groups in total. The molecule has 0 saturated carbocycles. The van der Waals surface area contributed by atoms with Gasteiger partial charge in [-0.1, -0.05) is 6.92 Å². The summed E-state index contributed by atoms with van der Waals surface area (Å²) in [7, 11) is 0. The van der Waals surface area contributed by atoms with Gasteiger partial charge < -0.3 is 0 Å². The van der Waals surface area contributed by atoms with Crippen molar-refractivity contribution in [3.05, 3.63) is 0 Å². The van der Waals surface area contributed by atoms with Crippen LogP contribution < -0.4 is 0 Å². The first-order chi connectivity index (χ1) is 3.72. The van der Waals surface area contributed by atoms with Crippen LogP contribution in [0.2, 0.25) is 0 Å². The SMILES string of the molecule is CCC(=O)C(=O)OO. The maximum absolute atomic E-state index is 10.1. The van der Waals surface area contributed by atoms with Crippen LogP contribution in [-0.4, -0.2) is 17.0 Å². The molecule has 0 bridgehead atoms. The molecule has 0 aliphatic carbocycles. The van der Waals surface area contributed by atoms with Crippen molar-refractivity contribution >= 4 is 11.8 Å². The summed E-state index contributed by atoms with van der Waals surface area (Å²) in [5.74, 6) is -1.93. The molecule has 4 nitrogen and oxygen atoms in total. The van der Waals surface area contributed by atoms with Crippen molar-refractivity contribution in [3.63, 3.8) is 0 Å². The summed E-state index contributed by atoms with van der Waals surface area (Å²) in [6.45, 7) is 1.50. The number of ketones is 1. The minimum absolute atomic E-state index is 0.0550. The predicted molar refractivity (Wildman–Crippen MR) is 24.0 cm³/mol. The van der Waals surface area contributed by atoms with Gasteiger partial charge in [-0.25, -0.2) is 4.79 Å². The molecule has 0 aromatic rings. The van der Waals surface area contributed by atoms with Gasteiger partial charge in [0.15, 0.2) is 0 Å². The molecule has 0 rings (SSSR count). The Labute approximate surface area is 46.0 Å². The monoisotopic (exact) mass is 118 g/mol. The number of carbonyl (C=O) groups is 2. The Kier molecular flexibility index (Phi) is 2.79. The van der Waals surface area contributed by atoms with E-state index >= 15 is 0 Å². The van der Waals surface area contributed by atoms with Gasteiger partial charge in [0.25, 0.3) is 0 Å². The van der Waals surface area contributed by atoms with Crippen LogP contribution in [0, 0.1) is 0 Å². The summed E-state index contributed by atoms with van der Waals surface area (Å²) in [5.41, 5.74) is 0. The van der Waals surface area contributed by atoms with E-state index in [0.29, 0.717) is 0 Å². The molecule has 0 aromatic heterocycles. The zero-order valence-corrected chi connectivity index (χ0v) is 4.38. The number of carbonyl (C=O) groups excluding carboxylic acids is 2. The van der Waals surface area contributed by atoms with Gasteiger partial charge in [0.1, 0.15) is 0 Å². The molecule has 4 heteroatoms. The molecule has 0 radical (unpaired) electrons. The fourth-order valence-corrected chi connectivity index (χ4v) is 0.195. The summed E-state index contributed by atoms with van der Waals surface area (Å²) < 4.78 is 0. The van der Waals surface area contributed by atoms with E-state index in [4.69, 9.17) is 5.26 Å². The van der Waals surface area contributed by atoms with Crippen LogP contribution in [0.5, 0.6) is 0 Å². The molecule has 0 saturated heterocycles. The van der Waals surface area contributed by atoms with Crippen molar-refractivity contribution in [2.45, 2.75) is 13.3 Å². The number of Topliss-reactive ketones (excluding diaryl/α,β-unsaturated/α-hetero) is 1. The average Bonchev–Trinajstić information content (AvgIpc) is 1.84. The van der Waals surface area contributed by atoms with Crippen LogP contribution in [0.1, 0.15) is 13.3 Å². The predicted octanol–water partition coefficient (Wildman–Crippen LogP) is -0.0183. The molecule has 0 unspecified atom stereocenters. The van der Waals surface area contributed by atoms with Crippen molar-refractivity contribution in [1.82, 2.24) is 0 Å². The molecule has 0 spiro atoms. The fraction of sp³-hybridized carbons (Fsp3) is 0.500. The minimum Gasteiger partial charge on any atom is -0.292 e. The van der Waals surface area contributed by atoms with Gasteiger partial charge in [0, 0.05) is 6.42 Å². The maximum Gasteiger partial charge on any atom is 0.408 e. The van der Waals surface area contributed by atoms with Crippen LogP contribution in [0.4, 0.5) is 0 Å². The molecule has 0 fully saturated rings. The number of hydrogen-bond acceptors (Lipinski definition) is 4. The van der Waals surface area contributed by atoms with Crippen LogP contribution in [0.3, 0.4) is 0 Å². The Morgan fingerprint density at radius 2 is 2.12 bits per heavy atom. The first kappa shape index (κ1) is 7.10. The second-order valence-corrected chi connectivity index (χ2v) is 1.16. The number of hydrogen-bond donors (Lipinski definition) is 1. The summed E-state index contributed by atoms with van der Waals surface area (Å²) in [6.07, 6.45) is 0.0550. The lowest BCUT2D eigenvalue weighted by Crippen LogP contribution is -2.13. The lowest BCUT2D eigenvalue weighted by molar-refractivity contribution is -0.232. The van der Waals surface area contributed by atoms with E-state index in [9.17, 15) is 9.59 Å². The van der Waals surface area contributed by atoms with Crippen molar-refractivity contribution in [2.24, 2.45) is 0 Å². The molecule has 8 heavy (non-hydrogen) atoms. The molecule has 0 aliphatic rings. The Morgan fingerprint density at radius 1 is 1.62 bits per heavy atom. The number of rotatable bonds is 2. The van der Waals surface area contributed by atoms with Gasteiger partial charge in [-0.05, 0) is 0 Å². The highest BCUT2D eigenvalue weighted by atomic mass is 17.1. The quantitative estimate of drug-likeness (QED) is 0.314. The summed E-state index contributed by atoms with van der Waals surface area (Å²) in [5, 5.41) is 7.57. The van der Waals surface area contributed by atoms with E-state index in [0.717, 1.165) is 0 Å². The van der Waals surface area contributed by atoms with E-state index in [1.54, 1.807) is 0 Å². The van der Waals surface area contributed by atoms with Crippen molar-refractivity contribution in [1.29, 1.82) is 0 Å². The third-order valence-corrected chi connectivity index (χ3v) is 0.632. The highest BCUT2D eigenvalue weighted by Gasteiger charge is 2.10. The van der Waals surface area contributed by atoms with Crippen LogP contribution in [0.25, 0.3) is 0 Å². The van der Waals surface area contributed by atoms with E-state index in [1.165, 1.54) is 6.92 Å². The highest BCUT2D eigenvalue weighted by molar-refractivity contribution is 6.33. The Hall–Kier alpha value is -0.900. The Balaban J connectivity index is 3.64. The second-order valence-electron chi connectivity index (χ2n) is 1.16. The molecule has 0 aliphatic heterocycles. The first-order valence-electron chi connectivity index (χ1n) is 2.11. The highest BCUT2D eigenvalue weighted by Crippen LogP contribution is 1.81. The molecule has 46 valence electrons. The Bertz CT molecular complexity index is 92.6. The molecular weight excluding hydrogens is 112 g/mol. The van der Waals surface area contributed by atoms with Gasteiger partial charge in [0.2, 0.25) is 5.78 Å². The van der Waals surface area contributed by atoms with Crippen molar-refractivity contribution < 1.29 is 19.7 Å². The lowest BCUT2D eigenvalue weighted by Gasteiger charge is -1.87. The van der Waals surface area contributed by atoms with Gasteiger partial charge in [-0.15, -0.1) is 0 Å². The summed E-state index contributed by atoms with van der Waals surface area (Å²) in [4.78, 5) is 23.1. The van der Waals surface area contributed by atoms with E-state index in [-0.39, 0.29) is 6.42 Å². The molecule has 0 atom stereocenters. The van der Waals surface area contributed by atoms with Crippen LogP contribution in [0.15, 0.2) is 0 Å². The van der Waals surface area contributed by atoms with Crippen molar-refractivity contribution in [3.8, 4) is 0 Å². The smallest absolute Gasteiger partial charge is 0.292 e. The van der Waals surface area contributed by atoms with Gasteiger partial charge in [-0.3, -0.25) is 9.68 Å². The topological polar surface area (TPSA) is 63.6 Å². The fourth-order valence-electron chi connectivity index (χ4n) is 0.195. The molecule has 0 amide bonds. The zero-order chi connectivity index (χ0) is 6.57. The van der Waals surface area contributed by atoms with Crippen LogP contribution >= 0.6 is 0 Å². The van der Waals surface area contributed by atoms with E-state index in [1.807, 2.05) is 0 Å². The largest absolute Gasteiger partial charge is 0.408 e. The normalized spacial score (nSPS) is 8.25. The van der Waals surface area contributed by atoms with Gasteiger partial charge >= 0.3 is 5.97 Å². The third kappa shape index (κ3) is 1.70. The first-order valence-corrected chi connectivity index (χ1v) is 2.11. The summed E-state index contributed by atoms with van der Waals surface area (Å²) >= 11 is 0. The lowest BCUT2D eigenvalue weighted by atomic mass is 10.3. The minimum atomic E-state index is -1.20. The average molecular weight is 118 g/mol. The van der Waals surface area contributed by atoms with Gasteiger partial charge in [-0.2, -0.15) is 5.26 Å². The van der Waals surface area contributed by atoms with E-state index < -0.39 is 11.8 Å². The van der Waals surface area contributed by atoms with E-state index in [2.05, 4.69) is 4.89 Å². The van der Waals surface area contributed by atoms with Crippen molar-refractivity contribution in [2.75, 3.05) is 0 Å².